The monoisotopic (exact) mass is 470 g/mol. The van der Waals surface area contributed by atoms with E-state index in [1.54, 1.807) is 73.1 Å². The number of nitrogens with zero attached hydrogens (tertiary/aromatic N) is 2. The standard InChI is InChI=1S/C28H26N2O5/c1-3-16-35-23-7-5-6-21(17-23)25-24(26(31)20-8-10-22(11-9-20)34-4-2)27(32)28(33)30(25)18-19-12-14-29-15-13-19/h3,5-15,17,25,31H,1,4,16,18H2,2H3/b26-24+. The zero-order valence-electron chi connectivity index (χ0n) is 19.4. The Balaban J connectivity index is 1.81. The smallest absolute Gasteiger partial charge is 0.295 e. The van der Waals surface area contributed by atoms with Crippen molar-refractivity contribution < 1.29 is 24.2 Å². The van der Waals surface area contributed by atoms with Crippen LogP contribution in [0.3, 0.4) is 0 Å². The summed E-state index contributed by atoms with van der Waals surface area (Å²) < 4.78 is 11.1. The molecule has 4 rings (SSSR count). The summed E-state index contributed by atoms with van der Waals surface area (Å²) in [6.07, 6.45) is 4.89. The van der Waals surface area contributed by atoms with Gasteiger partial charge in [-0.15, -0.1) is 0 Å². The van der Waals surface area contributed by atoms with Gasteiger partial charge in [0.2, 0.25) is 0 Å². The number of amides is 1. The zero-order chi connectivity index (χ0) is 24.8. The van der Waals surface area contributed by atoms with Gasteiger partial charge >= 0.3 is 0 Å². The molecule has 0 radical (unpaired) electrons. The third kappa shape index (κ3) is 5.09. The lowest BCUT2D eigenvalue weighted by molar-refractivity contribution is -0.140. The second-order valence-electron chi connectivity index (χ2n) is 7.91. The molecule has 0 aliphatic carbocycles. The summed E-state index contributed by atoms with van der Waals surface area (Å²) in [6, 6.07) is 16.7. The number of aliphatic hydroxyl groups excluding tert-OH is 1. The molecule has 1 fully saturated rings. The number of hydrogen-bond acceptors (Lipinski definition) is 6. The number of ketones is 1. The molecule has 178 valence electrons. The average molecular weight is 471 g/mol. The molecule has 35 heavy (non-hydrogen) atoms. The highest BCUT2D eigenvalue weighted by Crippen LogP contribution is 2.41. The van der Waals surface area contributed by atoms with Gasteiger partial charge in [-0.3, -0.25) is 14.6 Å². The number of Topliss-reactive ketones (excluding diaryl/α,β-unsaturated/α-hetero) is 1. The number of aromatic nitrogens is 1. The fraction of sp³-hybridized carbons (Fsp3) is 0.179. The molecule has 0 saturated carbocycles. The fourth-order valence-electron chi connectivity index (χ4n) is 4.04. The van der Waals surface area contributed by atoms with Crippen molar-refractivity contribution in [1.82, 2.24) is 9.88 Å². The van der Waals surface area contributed by atoms with E-state index in [-0.39, 0.29) is 17.9 Å². The maximum atomic E-state index is 13.2. The molecule has 3 aromatic rings. The van der Waals surface area contributed by atoms with Crippen molar-refractivity contribution in [3.8, 4) is 11.5 Å². The molecule has 1 N–H and O–H groups in total. The van der Waals surface area contributed by atoms with Crippen LogP contribution in [0.5, 0.6) is 11.5 Å². The van der Waals surface area contributed by atoms with Crippen molar-refractivity contribution in [2.45, 2.75) is 19.5 Å². The molecule has 1 aromatic heterocycles. The third-order valence-corrected chi connectivity index (χ3v) is 5.62. The summed E-state index contributed by atoms with van der Waals surface area (Å²) in [6.45, 7) is 6.54. The topological polar surface area (TPSA) is 89.0 Å². The highest BCUT2D eigenvalue weighted by atomic mass is 16.5. The Morgan fingerprint density at radius 3 is 2.49 bits per heavy atom. The van der Waals surface area contributed by atoms with E-state index in [1.807, 2.05) is 13.0 Å². The number of rotatable bonds is 9. The first-order valence-corrected chi connectivity index (χ1v) is 11.3. The Morgan fingerprint density at radius 1 is 1.06 bits per heavy atom. The Morgan fingerprint density at radius 2 is 1.80 bits per heavy atom. The van der Waals surface area contributed by atoms with Gasteiger partial charge in [-0.25, -0.2) is 0 Å². The van der Waals surface area contributed by atoms with Gasteiger partial charge in [0.05, 0.1) is 18.2 Å². The molecule has 2 aromatic carbocycles. The number of benzene rings is 2. The van der Waals surface area contributed by atoms with Crippen molar-refractivity contribution in [3.05, 3.63) is 108 Å². The lowest BCUT2D eigenvalue weighted by atomic mass is 9.95. The predicted molar refractivity (Wildman–Crippen MR) is 132 cm³/mol. The van der Waals surface area contributed by atoms with Crippen LogP contribution in [0.15, 0.2) is 91.3 Å². The molecule has 1 aliphatic rings. The Hall–Kier alpha value is -4.39. The molecular weight excluding hydrogens is 444 g/mol. The minimum atomic E-state index is -0.804. The van der Waals surface area contributed by atoms with Crippen LogP contribution in [0.2, 0.25) is 0 Å². The Labute approximate surface area is 203 Å². The van der Waals surface area contributed by atoms with Gasteiger partial charge < -0.3 is 19.5 Å². The summed E-state index contributed by atoms with van der Waals surface area (Å²) in [4.78, 5) is 31.9. The van der Waals surface area contributed by atoms with Crippen LogP contribution in [-0.2, 0) is 16.1 Å². The normalized spacial score (nSPS) is 16.8. The molecule has 1 amide bonds. The Bertz CT molecular complexity index is 1250. The second-order valence-corrected chi connectivity index (χ2v) is 7.91. The zero-order valence-corrected chi connectivity index (χ0v) is 19.4. The van der Waals surface area contributed by atoms with Crippen LogP contribution < -0.4 is 9.47 Å². The van der Waals surface area contributed by atoms with E-state index in [1.165, 1.54) is 4.90 Å². The third-order valence-electron chi connectivity index (χ3n) is 5.62. The summed E-state index contributed by atoms with van der Waals surface area (Å²) in [5, 5.41) is 11.2. The van der Waals surface area contributed by atoms with Crippen molar-refractivity contribution in [3.63, 3.8) is 0 Å². The van der Waals surface area contributed by atoms with E-state index in [9.17, 15) is 14.7 Å². The first-order valence-electron chi connectivity index (χ1n) is 11.3. The van der Waals surface area contributed by atoms with Gasteiger partial charge in [-0.05, 0) is 66.6 Å². The molecule has 1 unspecified atom stereocenters. The van der Waals surface area contributed by atoms with Crippen LogP contribution in [0.1, 0.15) is 29.7 Å². The SMILES string of the molecule is C=CCOc1cccc(C2/C(=C(\O)c3ccc(OCC)cc3)C(=O)C(=O)N2Cc2ccncc2)c1. The maximum absolute atomic E-state index is 13.2. The molecule has 0 spiro atoms. The van der Waals surface area contributed by atoms with E-state index in [2.05, 4.69) is 11.6 Å². The summed E-state index contributed by atoms with van der Waals surface area (Å²) in [5.74, 6) is -0.459. The van der Waals surface area contributed by atoms with E-state index >= 15 is 0 Å². The van der Waals surface area contributed by atoms with Crippen molar-refractivity contribution in [2.24, 2.45) is 0 Å². The molecule has 2 heterocycles. The number of pyridine rings is 1. The molecule has 1 saturated heterocycles. The van der Waals surface area contributed by atoms with Crippen molar-refractivity contribution >= 4 is 17.4 Å². The van der Waals surface area contributed by atoms with Crippen LogP contribution >= 0.6 is 0 Å². The summed E-state index contributed by atoms with van der Waals surface area (Å²) in [5.41, 5.74) is 1.90. The van der Waals surface area contributed by atoms with E-state index in [0.717, 1.165) is 5.56 Å². The number of ether oxygens (including phenoxy) is 2. The van der Waals surface area contributed by atoms with Crippen LogP contribution in [-0.4, -0.2) is 39.9 Å². The van der Waals surface area contributed by atoms with E-state index in [0.29, 0.717) is 35.8 Å². The predicted octanol–water partition coefficient (Wildman–Crippen LogP) is 4.67. The molecule has 1 aliphatic heterocycles. The summed E-state index contributed by atoms with van der Waals surface area (Å²) in [7, 11) is 0. The van der Waals surface area contributed by atoms with Crippen molar-refractivity contribution in [2.75, 3.05) is 13.2 Å². The number of carbonyl (C=O) groups is 2. The van der Waals surface area contributed by atoms with Gasteiger partial charge in [-0.1, -0.05) is 24.8 Å². The largest absolute Gasteiger partial charge is 0.507 e. The van der Waals surface area contributed by atoms with Gasteiger partial charge in [0.15, 0.2) is 0 Å². The number of carbonyl (C=O) groups excluding carboxylic acids is 2. The summed E-state index contributed by atoms with van der Waals surface area (Å²) >= 11 is 0. The molecule has 7 heteroatoms. The number of aliphatic hydroxyl groups is 1. The van der Waals surface area contributed by atoms with Crippen LogP contribution in [0.4, 0.5) is 0 Å². The maximum Gasteiger partial charge on any atom is 0.295 e. The fourth-order valence-corrected chi connectivity index (χ4v) is 4.04. The molecule has 0 bridgehead atoms. The van der Waals surface area contributed by atoms with Gasteiger partial charge in [-0.2, -0.15) is 0 Å². The number of hydrogen-bond donors (Lipinski definition) is 1. The quantitative estimate of drug-likeness (QED) is 0.212. The molecule has 7 nitrogen and oxygen atoms in total. The molecular formula is C28H26N2O5. The van der Waals surface area contributed by atoms with Crippen LogP contribution in [0, 0.1) is 0 Å². The molecule has 1 atom stereocenters. The lowest BCUT2D eigenvalue weighted by Crippen LogP contribution is -2.29. The van der Waals surface area contributed by atoms with E-state index in [4.69, 9.17) is 9.47 Å². The highest BCUT2D eigenvalue weighted by molar-refractivity contribution is 6.46. The second kappa shape index (κ2) is 10.7. The average Bonchev–Trinajstić information content (AvgIpc) is 3.13. The minimum Gasteiger partial charge on any atom is -0.507 e. The first-order chi connectivity index (χ1) is 17.0. The Kier molecular flexibility index (Phi) is 7.26. The lowest BCUT2D eigenvalue weighted by Gasteiger charge is -2.25. The van der Waals surface area contributed by atoms with Gasteiger partial charge in [0.25, 0.3) is 11.7 Å². The highest BCUT2D eigenvalue weighted by Gasteiger charge is 2.46. The first kappa shape index (κ1) is 23.8. The van der Waals surface area contributed by atoms with Gasteiger partial charge in [0.1, 0.15) is 23.9 Å². The minimum absolute atomic E-state index is 0.0223. The van der Waals surface area contributed by atoms with Crippen molar-refractivity contribution in [1.29, 1.82) is 0 Å². The van der Waals surface area contributed by atoms with Crippen LogP contribution in [0.25, 0.3) is 5.76 Å². The number of likely N-dealkylation sites (tertiary alicyclic amines) is 1. The van der Waals surface area contributed by atoms with E-state index < -0.39 is 17.7 Å². The van der Waals surface area contributed by atoms with Gasteiger partial charge in [0, 0.05) is 24.5 Å².